The molecule has 1 aliphatic rings. The highest BCUT2D eigenvalue weighted by Crippen LogP contribution is 2.26. The lowest BCUT2D eigenvalue weighted by Crippen LogP contribution is -2.47. The molecule has 2 unspecified atom stereocenters. The summed E-state index contributed by atoms with van der Waals surface area (Å²) in [5.74, 6) is -0.407. The van der Waals surface area contributed by atoms with Gasteiger partial charge >= 0.3 is 0 Å². The molecule has 30 heavy (non-hydrogen) atoms. The first kappa shape index (κ1) is 20.6. The van der Waals surface area contributed by atoms with Crippen LogP contribution in [0.5, 0.6) is 0 Å². The lowest BCUT2D eigenvalue weighted by molar-refractivity contribution is 0.154. The molecule has 1 aliphatic heterocycles. The number of benzene rings is 2. The van der Waals surface area contributed by atoms with Crippen LogP contribution in [0.1, 0.15) is 29.2 Å². The summed E-state index contributed by atoms with van der Waals surface area (Å²) in [6.07, 6.45) is 5.22. The predicted octanol–water partition coefficient (Wildman–Crippen LogP) is 4.51. The third-order valence-corrected chi connectivity index (χ3v) is 5.81. The first-order valence-corrected chi connectivity index (χ1v) is 10.4. The monoisotopic (exact) mass is 407 g/mol. The first-order chi connectivity index (χ1) is 14.6. The number of halogens is 2. The number of pyridine rings is 1. The van der Waals surface area contributed by atoms with Crippen molar-refractivity contribution in [3.63, 3.8) is 0 Å². The van der Waals surface area contributed by atoms with Crippen LogP contribution in [0.2, 0.25) is 0 Å². The molecule has 0 amide bonds. The van der Waals surface area contributed by atoms with Crippen LogP contribution in [0.4, 0.5) is 8.78 Å². The maximum atomic E-state index is 13.8. The van der Waals surface area contributed by atoms with Crippen molar-refractivity contribution in [2.75, 3.05) is 6.54 Å². The van der Waals surface area contributed by atoms with Gasteiger partial charge in [0.05, 0.1) is 0 Å². The van der Waals surface area contributed by atoms with Gasteiger partial charge in [-0.15, -0.1) is 0 Å². The summed E-state index contributed by atoms with van der Waals surface area (Å²) in [6, 6.07) is 16.4. The van der Waals surface area contributed by atoms with E-state index < -0.39 is 0 Å². The molecule has 2 aromatic carbocycles. The zero-order valence-electron chi connectivity index (χ0n) is 17.2. The zero-order valence-corrected chi connectivity index (χ0v) is 17.2. The molecule has 2 atom stereocenters. The minimum Gasteiger partial charge on any atom is -0.309 e. The second-order valence-electron chi connectivity index (χ2n) is 8.17. The lowest BCUT2D eigenvalue weighted by Gasteiger charge is -2.39. The van der Waals surface area contributed by atoms with Gasteiger partial charge in [0.1, 0.15) is 11.6 Å². The summed E-state index contributed by atoms with van der Waals surface area (Å²) in [7, 11) is 0. The van der Waals surface area contributed by atoms with E-state index in [-0.39, 0.29) is 23.7 Å². The fourth-order valence-electron chi connectivity index (χ4n) is 4.19. The molecule has 4 rings (SSSR count). The Labute approximate surface area is 176 Å². The molecule has 0 fully saturated rings. The van der Waals surface area contributed by atoms with Crippen LogP contribution in [0.3, 0.4) is 0 Å². The molecular formula is C25H27F2N3. The van der Waals surface area contributed by atoms with Gasteiger partial charge in [-0.25, -0.2) is 8.78 Å². The molecule has 0 saturated carbocycles. The Morgan fingerprint density at radius 3 is 2.47 bits per heavy atom. The van der Waals surface area contributed by atoms with Gasteiger partial charge in [0, 0.05) is 44.1 Å². The first-order valence-electron chi connectivity index (χ1n) is 10.4. The SMILES string of the molecule is CC(CN1Cc2ccc(F)cc2CC1Cc1ccc(F)cc1)NCc1ccncc1. The van der Waals surface area contributed by atoms with Crippen molar-refractivity contribution >= 4 is 0 Å². The van der Waals surface area contributed by atoms with Gasteiger partial charge in [-0.3, -0.25) is 9.88 Å². The average molecular weight is 408 g/mol. The Kier molecular flexibility index (Phi) is 6.50. The molecule has 0 aliphatic carbocycles. The summed E-state index contributed by atoms with van der Waals surface area (Å²) >= 11 is 0. The van der Waals surface area contributed by atoms with E-state index in [0.717, 1.165) is 43.6 Å². The lowest BCUT2D eigenvalue weighted by atomic mass is 9.90. The fourth-order valence-corrected chi connectivity index (χ4v) is 4.19. The van der Waals surface area contributed by atoms with Crippen LogP contribution in [-0.4, -0.2) is 28.5 Å². The highest BCUT2D eigenvalue weighted by atomic mass is 19.1. The number of nitrogens with zero attached hydrogens (tertiary/aromatic N) is 2. The van der Waals surface area contributed by atoms with Crippen molar-refractivity contribution < 1.29 is 8.78 Å². The molecule has 1 aromatic heterocycles. The number of nitrogens with one attached hydrogen (secondary N) is 1. The zero-order chi connectivity index (χ0) is 20.9. The van der Waals surface area contributed by atoms with E-state index in [9.17, 15) is 8.78 Å². The minimum absolute atomic E-state index is 0.185. The van der Waals surface area contributed by atoms with E-state index in [1.165, 1.54) is 23.3 Å². The third kappa shape index (κ3) is 5.29. The molecule has 5 heteroatoms. The number of fused-ring (bicyclic) bond motifs is 1. The van der Waals surface area contributed by atoms with Crippen LogP contribution in [-0.2, 0) is 25.9 Å². The quantitative estimate of drug-likeness (QED) is 0.625. The maximum absolute atomic E-state index is 13.8. The van der Waals surface area contributed by atoms with Crippen molar-refractivity contribution in [3.05, 3.63) is 101 Å². The molecule has 156 valence electrons. The van der Waals surface area contributed by atoms with E-state index in [2.05, 4.69) is 22.1 Å². The maximum Gasteiger partial charge on any atom is 0.123 e. The highest BCUT2D eigenvalue weighted by molar-refractivity contribution is 5.32. The Balaban J connectivity index is 1.47. The van der Waals surface area contributed by atoms with Crippen molar-refractivity contribution in [1.82, 2.24) is 15.2 Å². The Morgan fingerprint density at radius 2 is 1.70 bits per heavy atom. The fraction of sp³-hybridized carbons (Fsp3) is 0.320. The van der Waals surface area contributed by atoms with Gasteiger partial charge in [0.15, 0.2) is 0 Å². The summed E-state index contributed by atoms with van der Waals surface area (Å²) in [6.45, 7) is 4.66. The minimum atomic E-state index is -0.222. The normalized spacial score (nSPS) is 17.5. The molecule has 3 aromatic rings. The topological polar surface area (TPSA) is 28.2 Å². The van der Waals surface area contributed by atoms with Crippen molar-refractivity contribution in [3.8, 4) is 0 Å². The largest absolute Gasteiger partial charge is 0.309 e. The van der Waals surface area contributed by atoms with Crippen LogP contribution in [0.25, 0.3) is 0 Å². The molecular weight excluding hydrogens is 380 g/mol. The van der Waals surface area contributed by atoms with E-state index in [1.54, 1.807) is 24.5 Å². The summed E-state index contributed by atoms with van der Waals surface area (Å²) in [5.41, 5.74) is 4.58. The second-order valence-corrected chi connectivity index (χ2v) is 8.17. The van der Waals surface area contributed by atoms with Crippen LogP contribution < -0.4 is 5.32 Å². The van der Waals surface area contributed by atoms with E-state index in [4.69, 9.17) is 0 Å². The Hall–Kier alpha value is -2.63. The van der Waals surface area contributed by atoms with E-state index in [1.807, 2.05) is 30.3 Å². The standard InChI is InChI=1S/C25H27F2N3/c1-18(29-15-20-8-10-28-11-9-20)16-30-17-21-4-7-24(27)13-22(21)14-25(30)12-19-2-5-23(26)6-3-19/h2-11,13,18,25,29H,12,14-17H2,1H3. The summed E-state index contributed by atoms with van der Waals surface area (Å²) in [4.78, 5) is 6.53. The highest BCUT2D eigenvalue weighted by Gasteiger charge is 2.27. The smallest absolute Gasteiger partial charge is 0.123 e. The van der Waals surface area contributed by atoms with Crippen molar-refractivity contribution in [2.45, 2.75) is 44.9 Å². The number of aromatic nitrogens is 1. The van der Waals surface area contributed by atoms with Crippen LogP contribution in [0.15, 0.2) is 67.0 Å². The van der Waals surface area contributed by atoms with Gasteiger partial charge < -0.3 is 5.32 Å². The predicted molar refractivity (Wildman–Crippen MR) is 115 cm³/mol. The second kappa shape index (κ2) is 9.45. The van der Waals surface area contributed by atoms with Gasteiger partial charge in [-0.1, -0.05) is 18.2 Å². The Morgan fingerprint density at radius 1 is 0.967 bits per heavy atom. The Bertz CT molecular complexity index is 960. The number of rotatable bonds is 7. The van der Waals surface area contributed by atoms with Crippen LogP contribution in [0, 0.1) is 11.6 Å². The average Bonchev–Trinajstić information content (AvgIpc) is 2.75. The third-order valence-electron chi connectivity index (χ3n) is 5.81. The van der Waals surface area contributed by atoms with E-state index in [0.29, 0.717) is 0 Å². The van der Waals surface area contributed by atoms with Crippen molar-refractivity contribution in [2.24, 2.45) is 0 Å². The molecule has 0 bridgehead atoms. The molecule has 2 heterocycles. The molecule has 0 saturated heterocycles. The van der Waals surface area contributed by atoms with Crippen molar-refractivity contribution in [1.29, 1.82) is 0 Å². The molecule has 0 radical (unpaired) electrons. The summed E-state index contributed by atoms with van der Waals surface area (Å²) in [5, 5.41) is 3.59. The number of hydrogen-bond acceptors (Lipinski definition) is 3. The van der Waals surface area contributed by atoms with E-state index >= 15 is 0 Å². The number of hydrogen-bond donors (Lipinski definition) is 1. The molecule has 3 nitrogen and oxygen atoms in total. The van der Waals surface area contributed by atoms with Gasteiger partial charge in [0.2, 0.25) is 0 Å². The molecule has 1 N–H and O–H groups in total. The van der Waals surface area contributed by atoms with Gasteiger partial charge in [-0.05, 0) is 78.4 Å². The molecule has 0 spiro atoms. The van der Waals surface area contributed by atoms with Gasteiger partial charge in [-0.2, -0.15) is 0 Å². The van der Waals surface area contributed by atoms with Crippen LogP contribution >= 0.6 is 0 Å². The van der Waals surface area contributed by atoms with Gasteiger partial charge in [0.25, 0.3) is 0 Å². The summed E-state index contributed by atoms with van der Waals surface area (Å²) < 4.78 is 27.1.